The SMILES string of the molecule is C=CCNC(=O)Nc1ccc(NS(=O)(=O)c2ccc(C)cc2Cl)cc1. The van der Waals surface area contributed by atoms with E-state index < -0.39 is 10.0 Å². The van der Waals surface area contributed by atoms with Gasteiger partial charge in [-0.05, 0) is 48.9 Å². The van der Waals surface area contributed by atoms with Gasteiger partial charge in [0.1, 0.15) is 4.90 Å². The van der Waals surface area contributed by atoms with Crippen LogP contribution in [0.25, 0.3) is 0 Å². The van der Waals surface area contributed by atoms with Crippen molar-refractivity contribution < 1.29 is 13.2 Å². The van der Waals surface area contributed by atoms with E-state index in [1.165, 1.54) is 6.07 Å². The molecule has 2 rings (SSSR count). The van der Waals surface area contributed by atoms with Crippen LogP contribution in [0.2, 0.25) is 5.02 Å². The molecule has 0 bridgehead atoms. The minimum Gasteiger partial charge on any atom is -0.334 e. The van der Waals surface area contributed by atoms with E-state index in [-0.39, 0.29) is 15.9 Å². The van der Waals surface area contributed by atoms with Gasteiger partial charge in [-0.3, -0.25) is 4.72 Å². The average molecular weight is 380 g/mol. The maximum Gasteiger partial charge on any atom is 0.319 e. The lowest BCUT2D eigenvalue weighted by atomic mass is 10.2. The molecule has 2 aromatic rings. The molecule has 0 saturated heterocycles. The van der Waals surface area contributed by atoms with Gasteiger partial charge < -0.3 is 10.6 Å². The van der Waals surface area contributed by atoms with Crippen LogP contribution in [0.4, 0.5) is 16.2 Å². The molecule has 6 nitrogen and oxygen atoms in total. The summed E-state index contributed by atoms with van der Waals surface area (Å²) in [6.07, 6.45) is 1.56. The monoisotopic (exact) mass is 379 g/mol. The highest BCUT2D eigenvalue weighted by Gasteiger charge is 2.18. The molecule has 0 unspecified atom stereocenters. The Hall–Kier alpha value is -2.51. The van der Waals surface area contributed by atoms with Crippen molar-refractivity contribution in [1.29, 1.82) is 0 Å². The van der Waals surface area contributed by atoms with Crippen LogP contribution in [0, 0.1) is 6.92 Å². The summed E-state index contributed by atoms with van der Waals surface area (Å²) < 4.78 is 27.3. The van der Waals surface area contributed by atoms with E-state index in [4.69, 9.17) is 11.6 Å². The summed E-state index contributed by atoms with van der Waals surface area (Å²) in [6.45, 7) is 5.68. The predicted octanol–water partition coefficient (Wildman–Crippen LogP) is 3.76. The van der Waals surface area contributed by atoms with Gasteiger partial charge in [-0.25, -0.2) is 13.2 Å². The Morgan fingerprint density at radius 2 is 1.80 bits per heavy atom. The molecule has 0 radical (unpaired) electrons. The first-order chi connectivity index (χ1) is 11.8. The van der Waals surface area contributed by atoms with Gasteiger partial charge in [0.05, 0.1) is 5.02 Å². The number of nitrogens with one attached hydrogen (secondary N) is 3. The largest absolute Gasteiger partial charge is 0.334 e. The van der Waals surface area contributed by atoms with E-state index >= 15 is 0 Å². The van der Waals surface area contributed by atoms with Crippen LogP contribution >= 0.6 is 11.6 Å². The normalized spacial score (nSPS) is 10.8. The lowest BCUT2D eigenvalue weighted by Crippen LogP contribution is -2.28. The average Bonchev–Trinajstić information content (AvgIpc) is 2.54. The Morgan fingerprint density at radius 3 is 2.40 bits per heavy atom. The van der Waals surface area contributed by atoms with Gasteiger partial charge in [0.15, 0.2) is 0 Å². The molecular formula is C17H18ClN3O3S. The summed E-state index contributed by atoms with van der Waals surface area (Å²) in [5.41, 5.74) is 1.75. The highest BCUT2D eigenvalue weighted by atomic mass is 35.5. The summed E-state index contributed by atoms with van der Waals surface area (Å²) in [6, 6.07) is 10.6. The third kappa shape index (κ3) is 5.23. The quantitative estimate of drug-likeness (QED) is 0.668. The van der Waals surface area contributed by atoms with E-state index in [1.807, 2.05) is 6.92 Å². The Morgan fingerprint density at radius 1 is 1.16 bits per heavy atom. The number of rotatable bonds is 6. The van der Waals surface area contributed by atoms with Gasteiger partial charge in [0.2, 0.25) is 0 Å². The molecule has 0 atom stereocenters. The Kier molecular flexibility index (Phi) is 6.06. The zero-order valence-electron chi connectivity index (χ0n) is 13.5. The lowest BCUT2D eigenvalue weighted by molar-refractivity contribution is 0.253. The topological polar surface area (TPSA) is 87.3 Å². The molecule has 0 heterocycles. The van der Waals surface area contributed by atoms with Gasteiger partial charge in [0, 0.05) is 17.9 Å². The van der Waals surface area contributed by atoms with Crippen molar-refractivity contribution in [3.05, 3.63) is 65.7 Å². The van der Waals surface area contributed by atoms with Crippen molar-refractivity contribution in [2.45, 2.75) is 11.8 Å². The van der Waals surface area contributed by atoms with Crippen LogP contribution in [0.15, 0.2) is 60.0 Å². The molecule has 0 aliphatic rings. The minimum atomic E-state index is -3.80. The van der Waals surface area contributed by atoms with Crippen LogP contribution in [0.1, 0.15) is 5.56 Å². The first-order valence-electron chi connectivity index (χ1n) is 7.36. The van der Waals surface area contributed by atoms with E-state index in [9.17, 15) is 13.2 Å². The smallest absolute Gasteiger partial charge is 0.319 e. The highest BCUT2D eigenvalue weighted by Crippen LogP contribution is 2.25. The number of benzene rings is 2. The summed E-state index contributed by atoms with van der Waals surface area (Å²) >= 11 is 6.02. The molecular weight excluding hydrogens is 362 g/mol. The lowest BCUT2D eigenvalue weighted by Gasteiger charge is -2.11. The number of hydrogen-bond acceptors (Lipinski definition) is 3. The van der Waals surface area contributed by atoms with Crippen molar-refractivity contribution >= 4 is 39.0 Å². The third-order valence-corrected chi connectivity index (χ3v) is 5.04. The molecule has 0 aliphatic carbocycles. The van der Waals surface area contributed by atoms with Crippen molar-refractivity contribution in [2.75, 3.05) is 16.6 Å². The fourth-order valence-corrected chi connectivity index (χ4v) is 3.65. The molecule has 132 valence electrons. The predicted molar refractivity (Wildman–Crippen MR) is 101 cm³/mol. The second-order valence-corrected chi connectivity index (χ2v) is 7.30. The van der Waals surface area contributed by atoms with E-state index in [0.717, 1.165) is 5.56 Å². The Balaban J connectivity index is 2.09. The van der Waals surface area contributed by atoms with Gasteiger partial charge in [-0.1, -0.05) is 23.7 Å². The van der Waals surface area contributed by atoms with Gasteiger partial charge >= 0.3 is 6.03 Å². The zero-order valence-corrected chi connectivity index (χ0v) is 15.1. The molecule has 0 aromatic heterocycles. The minimum absolute atomic E-state index is 0.00534. The molecule has 0 aliphatic heterocycles. The van der Waals surface area contributed by atoms with Gasteiger partial charge in [-0.2, -0.15) is 0 Å². The molecule has 0 fully saturated rings. The van der Waals surface area contributed by atoms with Crippen LogP contribution in [0.3, 0.4) is 0 Å². The zero-order chi connectivity index (χ0) is 18.4. The number of anilines is 2. The first kappa shape index (κ1) is 18.8. The van der Waals surface area contributed by atoms with E-state index in [1.54, 1.807) is 42.5 Å². The number of aryl methyl sites for hydroxylation is 1. The van der Waals surface area contributed by atoms with E-state index in [0.29, 0.717) is 17.9 Å². The third-order valence-electron chi connectivity index (χ3n) is 3.18. The number of carbonyl (C=O) groups is 1. The summed E-state index contributed by atoms with van der Waals surface area (Å²) in [5.74, 6) is 0. The van der Waals surface area contributed by atoms with Crippen molar-refractivity contribution in [3.63, 3.8) is 0 Å². The number of amides is 2. The number of urea groups is 1. The second-order valence-electron chi connectivity index (χ2n) is 5.24. The molecule has 0 spiro atoms. The van der Waals surface area contributed by atoms with Gasteiger partial charge in [-0.15, -0.1) is 6.58 Å². The summed E-state index contributed by atoms with van der Waals surface area (Å²) in [7, 11) is -3.80. The molecule has 2 amide bonds. The molecule has 0 saturated carbocycles. The number of sulfonamides is 1. The highest BCUT2D eigenvalue weighted by molar-refractivity contribution is 7.92. The van der Waals surface area contributed by atoms with Crippen LogP contribution in [-0.4, -0.2) is 21.0 Å². The van der Waals surface area contributed by atoms with Crippen molar-refractivity contribution in [1.82, 2.24) is 5.32 Å². The first-order valence-corrected chi connectivity index (χ1v) is 9.23. The second kappa shape index (κ2) is 8.04. The molecule has 3 N–H and O–H groups in total. The van der Waals surface area contributed by atoms with Crippen LogP contribution < -0.4 is 15.4 Å². The molecule has 2 aromatic carbocycles. The maximum atomic E-state index is 12.4. The summed E-state index contributed by atoms with van der Waals surface area (Å²) in [5, 5.41) is 5.35. The maximum absolute atomic E-state index is 12.4. The van der Waals surface area contributed by atoms with Crippen LogP contribution in [0.5, 0.6) is 0 Å². The fourth-order valence-electron chi connectivity index (χ4n) is 2.00. The standard InChI is InChI=1S/C17H18ClN3O3S/c1-3-10-19-17(22)20-13-5-7-14(8-6-13)21-25(23,24)16-9-4-12(2)11-15(16)18/h3-9,11,21H,1,10H2,2H3,(H2,19,20,22). The fraction of sp³-hybridized carbons (Fsp3) is 0.118. The van der Waals surface area contributed by atoms with E-state index in [2.05, 4.69) is 21.9 Å². The number of halogens is 1. The number of carbonyl (C=O) groups excluding carboxylic acids is 1. The van der Waals surface area contributed by atoms with Crippen LogP contribution in [-0.2, 0) is 10.0 Å². The number of hydrogen-bond donors (Lipinski definition) is 3. The summed E-state index contributed by atoms with van der Waals surface area (Å²) in [4.78, 5) is 11.5. The van der Waals surface area contributed by atoms with Crippen molar-refractivity contribution in [3.8, 4) is 0 Å². The van der Waals surface area contributed by atoms with Gasteiger partial charge in [0.25, 0.3) is 10.0 Å². The Bertz CT molecular complexity index is 881. The van der Waals surface area contributed by atoms with Crippen molar-refractivity contribution in [2.24, 2.45) is 0 Å². The molecule has 25 heavy (non-hydrogen) atoms. The Labute approximate surface area is 151 Å². The molecule has 8 heteroatoms.